The maximum absolute atomic E-state index is 12.7. The average molecular weight is 345 g/mol. The predicted molar refractivity (Wildman–Crippen MR) is 93.5 cm³/mol. The molecule has 0 unspecified atom stereocenters. The highest BCUT2D eigenvalue weighted by Gasteiger charge is 2.26. The summed E-state index contributed by atoms with van der Waals surface area (Å²) in [7, 11) is 0. The van der Waals surface area contributed by atoms with Crippen molar-refractivity contribution in [2.24, 2.45) is 0 Å². The van der Waals surface area contributed by atoms with Crippen LogP contribution in [0.1, 0.15) is 23.1 Å². The Balaban J connectivity index is 1.68. The molecule has 3 heterocycles. The number of carbonyl (C=O) groups excluding carboxylic acids is 2. The second-order valence-electron chi connectivity index (χ2n) is 5.63. The molecule has 0 radical (unpaired) electrons. The van der Waals surface area contributed by atoms with Gasteiger partial charge in [-0.25, -0.2) is 9.97 Å². The van der Waals surface area contributed by atoms with Gasteiger partial charge in [-0.2, -0.15) is 0 Å². The van der Waals surface area contributed by atoms with Crippen molar-refractivity contribution in [2.75, 3.05) is 36.4 Å². The molecule has 2 aromatic rings. The van der Waals surface area contributed by atoms with Crippen molar-refractivity contribution in [1.29, 1.82) is 0 Å². The molecule has 24 heavy (non-hydrogen) atoms. The molecule has 1 aliphatic heterocycles. The van der Waals surface area contributed by atoms with Crippen LogP contribution >= 0.6 is 11.3 Å². The first-order valence-corrected chi connectivity index (χ1v) is 8.61. The number of nitrogens with zero attached hydrogens (tertiary/aromatic N) is 4. The molecular weight excluding hydrogens is 326 g/mol. The van der Waals surface area contributed by atoms with Gasteiger partial charge in [0.25, 0.3) is 5.91 Å². The minimum Gasteiger partial charge on any atom is -0.345 e. The number of piperazine rings is 1. The molecule has 1 fully saturated rings. The lowest BCUT2D eigenvalue weighted by Crippen LogP contribution is -2.49. The molecular formula is C16H19N5O2S. The maximum atomic E-state index is 12.7. The third-order valence-electron chi connectivity index (χ3n) is 3.77. The van der Waals surface area contributed by atoms with Gasteiger partial charge in [0.1, 0.15) is 0 Å². The second kappa shape index (κ2) is 6.96. The van der Waals surface area contributed by atoms with Gasteiger partial charge in [-0.05, 0) is 19.1 Å². The molecule has 0 aromatic carbocycles. The lowest BCUT2D eigenvalue weighted by molar-refractivity contribution is -0.114. The zero-order valence-corrected chi connectivity index (χ0v) is 14.5. The summed E-state index contributed by atoms with van der Waals surface area (Å²) in [4.78, 5) is 36.6. The quantitative estimate of drug-likeness (QED) is 0.917. The van der Waals surface area contributed by atoms with Gasteiger partial charge in [-0.3, -0.25) is 9.59 Å². The van der Waals surface area contributed by atoms with Crippen LogP contribution in [0.15, 0.2) is 23.7 Å². The van der Waals surface area contributed by atoms with Crippen molar-refractivity contribution in [1.82, 2.24) is 14.9 Å². The fraction of sp³-hybridized carbons (Fsp3) is 0.375. The zero-order valence-electron chi connectivity index (χ0n) is 13.7. The molecule has 0 saturated carbocycles. The number of anilines is 2. The SMILES string of the molecule is CC(=O)Nc1cccnc1C(=O)N1CCN(c2nc(C)cs2)CC1. The van der Waals surface area contributed by atoms with Crippen molar-refractivity contribution in [2.45, 2.75) is 13.8 Å². The topological polar surface area (TPSA) is 78.4 Å². The van der Waals surface area contributed by atoms with Gasteiger partial charge in [0.15, 0.2) is 10.8 Å². The van der Waals surface area contributed by atoms with E-state index in [0.717, 1.165) is 23.9 Å². The number of amides is 2. The minimum atomic E-state index is -0.221. The third-order valence-corrected chi connectivity index (χ3v) is 4.78. The molecule has 8 heteroatoms. The number of hydrogen-bond donors (Lipinski definition) is 1. The highest BCUT2D eigenvalue weighted by molar-refractivity contribution is 7.13. The summed E-state index contributed by atoms with van der Waals surface area (Å²) < 4.78 is 0. The van der Waals surface area contributed by atoms with Crippen LogP contribution in [0.25, 0.3) is 0 Å². The first kappa shape index (κ1) is 16.4. The van der Waals surface area contributed by atoms with Crippen LogP contribution in [0.2, 0.25) is 0 Å². The highest BCUT2D eigenvalue weighted by Crippen LogP contribution is 2.22. The largest absolute Gasteiger partial charge is 0.345 e. The molecule has 0 atom stereocenters. The smallest absolute Gasteiger partial charge is 0.274 e. The van der Waals surface area contributed by atoms with Crippen LogP contribution < -0.4 is 10.2 Å². The van der Waals surface area contributed by atoms with Crippen LogP contribution in [0.3, 0.4) is 0 Å². The third kappa shape index (κ3) is 3.53. The van der Waals surface area contributed by atoms with Crippen LogP contribution in [-0.4, -0.2) is 52.9 Å². The first-order valence-electron chi connectivity index (χ1n) is 7.73. The van der Waals surface area contributed by atoms with E-state index in [0.29, 0.717) is 18.8 Å². The number of pyridine rings is 1. The standard InChI is InChI=1S/C16H19N5O2S/c1-11-10-24-16(18-11)21-8-6-20(7-9-21)15(23)14-13(19-12(2)22)4-3-5-17-14/h3-5,10H,6-9H2,1-2H3,(H,19,22). The normalized spacial score (nSPS) is 14.6. The summed E-state index contributed by atoms with van der Waals surface area (Å²) >= 11 is 1.62. The van der Waals surface area contributed by atoms with Crippen LogP contribution in [0, 0.1) is 6.92 Å². The second-order valence-corrected chi connectivity index (χ2v) is 6.47. The summed E-state index contributed by atoms with van der Waals surface area (Å²) in [5.41, 5.74) is 1.75. The van der Waals surface area contributed by atoms with Crippen LogP contribution in [0.5, 0.6) is 0 Å². The number of nitrogens with one attached hydrogen (secondary N) is 1. The fourth-order valence-corrected chi connectivity index (χ4v) is 3.46. The minimum absolute atomic E-state index is 0.158. The van der Waals surface area contributed by atoms with E-state index >= 15 is 0 Å². The summed E-state index contributed by atoms with van der Waals surface area (Å²) in [6.45, 7) is 6.07. The molecule has 1 aliphatic rings. The van der Waals surface area contributed by atoms with E-state index in [2.05, 4.69) is 20.2 Å². The van der Waals surface area contributed by atoms with Gasteiger partial charge in [0.2, 0.25) is 5.91 Å². The molecule has 0 spiro atoms. The number of aryl methyl sites for hydroxylation is 1. The number of rotatable bonds is 3. The monoisotopic (exact) mass is 345 g/mol. The summed E-state index contributed by atoms with van der Waals surface area (Å²) in [5.74, 6) is -0.379. The van der Waals surface area contributed by atoms with Crippen molar-refractivity contribution in [3.05, 3.63) is 35.1 Å². The van der Waals surface area contributed by atoms with Crippen LogP contribution in [0.4, 0.5) is 10.8 Å². The van der Waals surface area contributed by atoms with Gasteiger partial charge in [-0.1, -0.05) is 0 Å². The van der Waals surface area contributed by atoms with E-state index in [4.69, 9.17) is 0 Å². The van der Waals surface area contributed by atoms with E-state index in [9.17, 15) is 9.59 Å². The van der Waals surface area contributed by atoms with Gasteiger partial charge >= 0.3 is 0 Å². The Morgan fingerprint density at radius 3 is 2.62 bits per heavy atom. The van der Waals surface area contributed by atoms with Gasteiger partial charge < -0.3 is 15.1 Å². The Bertz CT molecular complexity index is 752. The molecule has 7 nitrogen and oxygen atoms in total. The molecule has 126 valence electrons. The Morgan fingerprint density at radius 1 is 1.25 bits per heavy atom. The summed E-state index contributed by atoms with van der Waals surface area (Å²) in [6.07, 6.45) is 1.56. The van der Waals surface area contributed by atoms with Crippen molar-refractivity contribution < 1.29 is 9.59 Å². The fourth-order valence-electron chi connectivity index (χ4n) is 2.60. The number of thiazole rings is 1. The predicted octanol–water partition coefficient (Wildman–Crippen LogP) is 1.77. The van der Waals surface area contributed by atoms with E-state index in [1.807, 2.05) is 12.3 Å². The van der Waals surface area contributed by atoms with E-state index in [-0.39, 0.29) is 17.5 Å². The molecule has 3 rings (SSSR count). The molecule has 0 aliphatic carbocycles. The van der Waals surface area contributed by atoms with Crippen molar-refractivity contribution >= 4 is 34.0 Å². The van der Waals surface area contributed by atoms with Crippen molar-refractivity contribution in [3.8, 4) is 0 Å². The maximum Gasteiger partial charge on any atom is 0.274 e. The number of hydrogen-bond acceptors (Lipinski definition) is 6. The van der Waals surface area contributed by atoms with E-state index in [1.165, 1.54) is 6.92 Å². The Hall–Kier alpha value is -2.48. The van der Waals surface area contributed by atoms with Crippen molar-refractivity contribution in [3.63, 3.8) is 0 Å². The van der Waals surface area contributed by atoms with Crippen LogP contribution in [-0.2, 0) is 4.79 Å². The van der Waals surface area contributed by atoms with Gasteiger partial charge in [0.05, 0.1) is 11.4 Å². The van der Waals surface area contributed by atoms with Gasteiger partial charge in [0, 0.05) is 44.7 Å². The Kier molecular flexibility index (Phi) is 4.75. The Labute approximate surface area is 144 Å². The van der Waals surface area contributed by atoms with E-state index < -0.39 is 0 Å². The number of carbonyl (C=O) groups is 2. The summed E-state index contributed by atoms with van der Waals surface area (Å²) in [5, 5.41) is 5.69. The lowest BCUT2D eigenvalue weighted by Gasteiger charge is -2.34. The molecule has 1 N–H and O–H groups in total. The van der Waals surface area contributed by atoms with Gasteiger partial charge in [-0.15, -0.1) is 11.3 Å². The highest BCUT2D eigenvalue weighted by atomic mass is 32.1. The average Bonchev–Trinajstić information content (AvgIpc) is 3.01. The van der Waals surface area contributed by atoms with E-state index in [1.54, 1.807) is 34.6 Å². The number of aromatic nitrogens is 2. The lowest BCUT2D eigenvalue weighted by atomic mass is 10.2. The zero-order chi connectivity index (χ0) is 17.1. The molecule has 2 amide bonds. The summed E-state index contributed by atoms with van der Waals surface area (Å²) in [6, 6.07) is 3.39. The Morgan fingerprint density at radius 2 is 2.00 bits per heavy atom. The molecule has 1 saturated heterocycles. The first-order chi connectivity index (χ1) is 11.5. The molecule has 0 bridgehead atoms. The molecule has 2 aromatic heterocycles.